The molecule has 0 N–H and O–H groups in total. The van der Waals surface area contributed by atoms with Crippen molar-refractivity contribution in [1.29, 1.82) is 0 Å². The summed E-state index contributed by atoms with van der Waals surface area (Å²) in [5.74, 6) is 0.152. The second kappa shape index (κ2) is 8.20. The third kappa shape index (κ3) is 3.46. The second-order valence-corrected chi connectivity index (χ2v) is 8.29. The number of amides is 2. The summed E-state index contributed by atoms with van der Waals surface area (Å²) in [5, 5.41) is 5.11. The van der Waals surface area contributed by atoms with Crippen molar-refractivity contribution >= 4 is 38.8 Å². The summed E-state index contributed by atoms with van der Waals surface area (Å²) in [6.45, 7) is 0.785. The van der Waals surface area contributed by atoms with Crippen LogP contribution >= 0.6 is 15.9 Å². The summed E-state index contributed by atoms with van der Waals surface area (Å²) in [5.41, 5.74) is 3.32. The molecular weight excluding hydrogens is 472 g/mol. The molecule has 2 aromatic carbocycles. The van der Waals surface area contributed by atoms with E-state index in [9.17, 15) is 9.59 Å². The van der Waals surface area contributed by atoms with Crippen molar-refractivity contribution in [3.63, 3.8) is 0 Å². The lowest BCUT2D eigenvalue weighted by molar-refractivity contribution is 0.0656. The number of hydrogen-bond donors (Lipinski definition) is 0. The molecule has 2 aromatic heterocycles. The van der Waals surface area contributed by atoms with Crippen LogP contribution in [0, 0.1) is 0 Å². The van der Waals surface area contributed by atoms with E-state index in [2.05, 4.69) is 26.0 Å². The van der Waals surface area contributed by atoms with Gasteiger partial charge in [0.15, 0.2) is 5.65 Å². The van der Waals surface area contributed by atoms with Gasteiger partial charge < -0.3 is 4.74 Å². The zero-order chi connectivity index (χ0) is 22.2. The molecule has 5 rings (SSSR count). The van der Waals surface area contributed by atoms with Gasteiger partial charge in [0.05, 0.1) is 30.2 Å². The van der Waals surface area contributed by atoms with Crippen LogP contribution in [0.3, 0.4) is 0 Å². The highest BCUT2D eigenvalue weighted by Gasteiger charge is 2.38. The van der Waals surface area contributed by atoms with E-state index in [4.69, 9.17) is 4.74 Å². The molecule has 0 saturated heterocycles. The molecule has 0 bridgehead atoms. The zero-order valence-electron chi connectivity index (χ0n) is 17.3. The van der Waals surface area contributed by atoms with E-state index in [1.54, 1.807) is 11.8 Å². The molecule has 0 atom stereocenters. The van der Waals surface area contributed by atoms with Gasteiger partial charge >= 0.3 is 0 Å². The predicted octanol–water partition coefficient (Wildman–Crippen LogP) is 4.09. The number of pyridine rings is 1. The van der Waals surface area contributed by atoms with Crippen LogP contribution in [0.2, 0.25) is 0 Å². The second-order valence-electron chi connectivity index (χ2n) is 7.54. The first-order valence-electron chi connectivity index (χ1n) is 10.1. The molecule has 160 valence electrons. The summed E-state index contributed by atoms with van der Waals surface area (Å²) in [7, 11) is 1.62. The maximum absolute atomic E-state index is 13.2. The number of aromatic nitrogens is 3. The molecule has 4 aromatic rings. The van der Waals surface area contributed by atoms with E-state index in [-0.39, 0.29) is 11.8 Å². The summed E-state index contributed by atoms with van der Waals surface area (Å²) in [6, 6.07) is 17.5. The number of nitrogens with zero attached hydrogens (tertiary/aromatic N) is 4. The van der Waals surface area contributed by atoms with Crippen molar-refractivity contribution in [3.05, 3.63) is 87.7 Å². The van der Waals surface area contributed by atoms with Crippen LogP contribution in [0.25, 0.3) is 11.0 Å². The Morgan fingerprint density at radius 3 is 2.44 bits per heavy atom. The van der Waals surface area contributed by atoms with Crippen molar-refractivity contribution in [2.24, 2.45) is 0 Å². The zero-order valence-corrected chi connectivity index (χ0v) is 18.9. The van der Waals surface area contributed by atoms with E-state index < -0.39 is 0 Å². The van der Waals surface area contributed by atoms with Crippen LogP contribution in [-0.4, -0.2) is 45.1 Å². The molecule has 1 aliphatic rings. The minimum absolute atomic E-state index is 0.307. The van der Waals surface area contributed by atoms with Crippen molar-refractivity contribution in [3.8, 4) is 5.75 Å². The van der Waals surface area contributed by atoms with Crippen LogP contribution in [-0.2, 0) is 13.0 Å². The molecule has 0 radical (unpaired) electrons. The quantitative estimate of drug-likeness (QED) is 0.380. The number of imide groups is 1. The standard InChI is InChI=1S/C24H19BrN4O3/c1-32-17-9-7-16(8-10-17)14-29-22-20(21(25)27-29)19-18(13-26-22)23(30)28(24(19)31)12-11-15-5-3-2-4-6-15/h2-10,13H,11-12,14H2,1H3. The highest BCUT2D eigenvalue weighted by Crippen LogP contribution is 2.33. The van der Waals surface area contributed by atoms with E-state index in [1.807, 2.05) is 54.6 Å². The van der Waals surface area contributed by atoms with Gasteiger partial charge in [-0.1, -0.05) is 42.5 Å². The van der Waals surface area contributed by atoms with Crippen LogP contribution in [0.4, 0.5) is 0 Å². The predicted molar refractivity (Wildman–Crippen MR) is 123 cm³/mol. The van der Waals surface area contributed by atoms with E-state index in [0.717, 1.165) is 16.9 Å². The molecule has 0 aliphatic carbocycles. The number of carbonyl (C=O) groups excluding carboxylic acids is 2. The Bertz CT molecular complexity index is 1330. The summed E-state index contributed by atoms with van der Waals surface area (Å²) >= 11 is 3.48. The number of halogens is 1. The van der Waals surface area contributed by atoms with Gasteiger partial charge in [-0.2, -0.15) is 5.10 Å². The Morgan fingerprint density at radius 1 is 0.969 bits per heavy atom. The van der Waals surface area contributed by atoms with E-state index >= 15 is 0 Å². The first-order chi connectivity index (χ1) is 15.6. The van der Waals surface area contributed by atoms with Gasteiger partial charge in [-0.05, 0) is 45.6 Å². The SMILES string of the molecule is COc1ccc(Cn2nc(Br)c3c4c(cnc32)C(=O)N(CCc2ccccc2)C4=O)cc1. The number of carbonyl (C=O) groups is 2. The van der Waals surface area contributed by atoms with Gasteiger partial charge in [0.2, 0.25) is 0 Å². The average Bonchev–Trinajstić information content (AvgIpc) is 3.26. The Kier molecular flexibility index (Phi) is 5.22. The number of fused-ring (bicyclic) bond motifs is 3. The molecule has 0 fully saturated rings. The maximum atomic E-state index is 13.2. The minimum atomic E-state index is -0.315. The Balaban J connectivity index is 1.47. The topological polar surface area (TPSA) is 77.3 Å². The van der Waals surface area contributed by atoms with Crippen molar-refractivity contribution in [1.82, 2.24) is 19.7 Å². The molecule has 2 amide bonds. The van der Waals surface area contributed by atoms with Crippen molar-refractivity contribution in [2.75, 3.05) is 13.7 Å². The third-order valence-electron chi connectivity index (χ3n) is 5.61. The molecule has 0 saturated carbocycles. The van der Waals surface area contributed by atoms with Gasteiger partial charge in [0, 0.05) is 12.7 Å². The van der Waals surface area contributed by atoms with Gasteiger partial charge in [-0.25, -0.2) is 9.67 Å². The van der Waals surface area contributed by atoms with Gasteiger partial charge in [-0.15, -0.1) is 0 Å². The Labute approximate surface area is 192 Å². The smallest absolute Gasteiger partial charge is 0.263 e. The Hall–Kier alpha value is -3.52. The molecule has 0 unspecified atom stereocenters. The molecule has 0 spiro atoms. The monoisotopic (exact) mass is 490 g/mol. The first-order valence-corrected chi connectivity index (χ1v) is 10.9. The van der Waals surface area contributed by atoms with Gasteiger partial charge in [-0.3, -0.25) is 14.5 Å². The lowest BCUT2D eigenvalue weighted by Crippen LogP contribution is -2.31. The fourth-order valence-corrected chi connectivity index (χ4v) is 4.52. The van der Waals surface area contributed by atoms with Crippen LogP contribution in [0.5, 0.6) is 5.75 Å². The largest absolute Gasteiger partial charge is 0.497 e. The van der Waals surface area contributed by atoms with Crippen LogP contribution in [0.15, 0.2) is 65.4 Å². The first kappa shape index (κ1) is 20.4. The van der Waals surface area contributed by atoms with E-state index in [1.165, 1.54) is 11.1 Å². The van der Waals surface area contributed by atoms with E-state index in [0.29, 0.717) is 46.3 Å². The van der Waals surface area contributed by atoms with Gasteiger partial charge in [0.1, 0.15) is 10.4 Å². The molecule has 3 heterocycles. The highest BCUT2D eigenvalue weighted by molar-refractivity contribution is 9.10. The molecule has 1 aliphatic heterocycles. The normalized spacial score (nSPS) is 13.1. The van der Waals surface area contributed by atoms with Crippen molar-refractivity contribution in [2.45, 2.75) is 13.0 Å². The lowest BCUT2D eigenvalue weighted by Gasteiger charge is -2.13. The number of rotatable bonds is 6. The maximum Gasteiger partial charge on any atom is 0.263 e. The number of ether oxygens (including phenoxy) is 1. The Morgan fingerprint density at radius 2 is 1.72 bits per heavy atom. The highest BCUT2D eigenvalue weighted by atomic mass is 79.9. The van der Waals surface area contributed by atoms with Crippen LogP contribution in [0.1, 0.15) is 31.8 Å². The minimum Gasteiger partial charge on any atom is -0.497 e. The molecule has 32 heavy (non-hydrogen) atoms. The molecule has 7 nitrogen and oxygen atoms in total. The molecular formula is C24H19BrN4O3. The third-order valence-corrected chi connectivity index (χ3v) is 6.17. The lowest BCUT2D eigenvalue weighted by atomic mass is 10.1. The fraction of sp³-hybridized carbons (Fsp3) is 0.167. The fourth-order valence-electron chi connectivity index (χ4n) is 3.96. The average molecular weight is 491 g/mol. The summed E-state index contributed by atoms with van der Waals surface area (Å²) in [4.78, 5) is 32.0. The van der Waals surface area contributed by atoms with Gasteiger partial charge in [0.25, 0.3) is 11.8 Å². The summed E-state index contributed by atoms with van der Waals surface area (Å²) in [6.07, 6.45) is 2.08. The van der Waals surface area contributed by atoms with Crippen LogP contribution < -0.4 is 4.74 Å². The number of hydrogen-bond acceptors (Lipinski definition) is 5. The molecule has 8 heteroatoms. The summed E-state index contributed by atoms with van der Waals surface area (Å²) < 4.78 is 7.43. The van der Waals surface area contributed by atoms with Crippen molar-refractivity contribution < 1.29 is 14.3 Å². The number of benzene rings is 2. The number of methoxy groups -OCH3 is 1.